The maximum Gasteiger partial charge on any atom is 0.258 e. The normalized spacial score (nSPS) is 13.0. The molecule has 1 N–H and O–H groups in total. The first kappa shape index (κ1) is 17.6. The van der Waals surface area contributed by atoms with Crippen LogP contribution in [0.15, 0.2) is 30.7 Å². The van der Waals surface area contributed by atoms with Crippen LogP contribution in [0.2, 0.25) is 5.15 Å². The van der Waals surface area contributed by atoms with Gasteiger partial charge < -0.3 is 0 Å². The number of rotatable bonds is 3. The van der Waals surface area contributed by atoms with Gasteiger partial charge in [0.25, 0.3) is 5.91 Å². The second-order valence-corrected chi connectivity index (χ2v) is 7.52. The van der Waals surface area contributed by atoms with E-state index >= 15 is 0 Å². The molecule has 0 radical (unpaired) electrons. The Labute approximate surface area is 165 Å². The Morgan fingerprint density at radius 3 is 2.96 bits per heavy atom. The molecule has 0 unspecified atom stereocenters. The predicted molar refractivity (Wildman–Crippen MR) is 105 cm³/mol. The first-order chi connectivity index (χ1) is 13.1. The van der Waals surface area contributed by atoms with Crippen LogP contribution in [-0.4, -0.2) is 26.1 Å². The highest BCUT2D eigenvalue weighted by molar-refractivity contribution is 7.15. The van der Waals surface area contributed by atoms with Crippen molar-refractivity contribution in [2.45, 2.75) is 19.8 Å². The molecule has 0 aliphatic heterocycles. The summed E-state index contributed by atoms with van der Waals surface area (Å²) in [6, 6.07) is 3.38. The Bertz CT molecular complexity index is 1080. The molecule has 0 atom stereocenters. The number of anilines is 1. The molecule has 134 valence electrons. The molecule has 0 aromatic carbocycles. The van der Waals surface area contributed by atoms with Gasteiger partial charge in [-0.2, -0.15) is 0 Å². The molecule has 3 heterocycles. The summed E-state index contributed by atoms with van der Waals surface area (Å²) in [5, 5.41) is 12.2. The monoisotopic (exact) mass is 395 g/mol. The molecule has 1 fully saturated rings. The molecule has 1 aliphatic rings. The lowest BCUT2D eigenvalue weighted by atomic mass is 9.99. The number of halogens is 1. The summed E-state index contributed by atoms with van der Waals surface area (Å²) in [7, 11) is 0. The average molecular weight is 396 g/mol. The van der Waals surface area contributed by atoms with E-state index in [1.807, 2.05) is 6.92 Å². The molecule has 0 bridgehead atoms. The lowest BCUT2D eigenvalue weighted by Gasteiger charge is -2.10. The fourth-order valence-electron chi connectivity index (χ4n) is 2.48. The van der Waals surface area contributed by atoms with Crippen molar-refractivity contribution >= 4 is 34.0 Å². The van der Waals surface area contributed by atoms with Gasteiger partial charge in [0.2, 0.25) is 5.13 Å². The van der Waals surface area contributed by atoms with Gasteiger partial charge in [-0.3, -0.25) is 15.1 Å². The highest BCUT2D eigenvalue weighted by atomic mass is 35.5. The van der Waals surface area contributed by atoms with E-state index in [-0.39, 0.29) is 5.91 Å². The Hall–Kier alpha value is -2.82. The van der Waals surface area contributed by atoms with Crippen molar-refractivity contribution in [2.75, 3.05) is 5.32 Å². The number of aryl methyl sites for hydroxylation is 1. The molecular weight excluding hydrogens is 382 g/mol. The van der Waals surface area contributed by atoms with E-state index in [1.165, 1.54) is 11.3 Å². The number of pyridine rings is 2. The van der Waals surface area contributed by atoms with E-state index in [4.69, 9.17) is 11.6 Å². The summed E-state index contributed by atoms with van der Waals surface area (Å²) in [4.78, 5) is 21.0. The lowest BCUT2D eigenvalue weighted by Crippen LogP contribution is -2.13. The molecule has 1 aliphatic carbocycles. The molecule has 0 spiro atoms. The van der Waals surface area contributed by atoms with Crippen LogP contribution in [0.4, 0.5) is 5.13 Å². The minimum Gasteiger partial charge on any atom is -0.296 e. The van der Waals surface area contributed by atoms with E-state index in [2.05, 4.69) is 37.3 Å². The average Bonchev–Trinajstić information content (AvgIpc) is 3.40. The fraction of sp³-hybridized carbons (Fsp3) is 0.211. The van der Waals surface area contributed by atoms with Gasteiger partial charge in [-0.15, -0.1) is 10.2 Å². The van der Waals surface area contributed by atoms with Crippen molar-refractivity contribution in [2.24, 2.45) is 5.92 Å². The number of carbonyl (C=O) groups excluding carboxylic acids is 1. The topological polar surface area (TPSA) is 80.7 Å². The SMILES string of the molecule is Cc1cnc(Cl)cc1-c1cnccc1C(=O)Nc1nnc(C#CC2CC2)s1. The zero-order valence-corrected chi connectivity index (χ0v) is 15.9. The van der Waals surface area contributed by atoms with E-state index in [0.717, 1.165) is 24.0 Å². The highest BCUT2D eigenvalue weighted by Gasteiger charge is 2.19. The Balaban J connectivity index is 1.59. The number of nitrogens with zero attached hydrogens (tertiary/aromatic N) is 4. The predicted octanol–water partition coefficient (Wildman–Crippen LogP) is 3.97. The summed E-state index contributed by atoms with van der Waals surface area (Å²) in [6.45, 7) is 1.91. The third-order valence-corrected chi connectivity index (χ3v) is 4.99. The van der Waals surface area contributed by atoms with E-state index < -0.39 is 0 Å². The van der Waals surface area contributed by atoms with Crippen molar-refractivity contribution in [1.82, 2.24) is 20.2 Å². The summed E-state index contributed by atoms with van der Waals surface area (Å²) < 4.78 is 0. The van der Waals surface area contributed by atoms with Gasteiger partial charge in [0.05, 0.1) is 5.56 Å². The summed E-state index contributed by atoms with van der Waals surface area (Å²) >= 11 is 7.28. The van der Waals surface area contributed by atoms with Gasteiger partial charge in [0, 0.05) is 30.1 Å². The van der Waals surface area contributed by atoms with Crippen LogP contribution in [0.1, 0.15) is 33.8 Å². The summed E-state index contributed by atoms with van der Waals surface area (Å²) in [5.74, 6) is 6.33. The zero-order chi connectivity index (χ0) is 18.8. The number of amides is 1. The third kappa shape index (κ3) is 4.13. The smallest absolute Gasteiger partial charge is 0.258 e. The Morgan fingerprint density at radius 2 is 2.15 bits per heavy atom. The molecule has 3 aromatic rings. The molecule has 1 amide bonds. The molecule has 8 heteroatoms. The van der Waals surface area contributed by atoms with Crippen LogP contribution < -0.4 is 5.32 Å². The number of nitrogens with one attached hydrogen (secondary N) is 1. The van der Waals surface area contributed by atoms with E-state index in [9.17, 15) is 4.79 Å². The molecule has 0 saturated heterocycles. The fourth-order valence-corrected chi connectivity index (χ4v) is 3.23. The molecule has 27 heavy (non-hydrogen) atoms. The van der Waals surface area contributed by atoms with Gasteiger partial charge in [-0.1, -0.05) is 28.9 Å². The van der Waals surface area contributed by atoms with Gasteiger partial charge >= 0.3 is 0 Å². The van der Waals surface area contributed by atoms with Crippen molar-refractivity contribution < 1.29 is 4.79 Å². The van der Waals surface area contributed by atoms with Crippen LogP contribution >= 0.6 is 22.9 Å². The van der Waals surface area contributed by atoms with Crippen molar-refractivity contribution in [3.05, 3.63) is 52.0 Å². The number of carbonyl (C=O) groups is 1. The molecule has 4 rings (SSSR count). The maximum atomic E-state index is 12.8. The number of hydrogen-bond donors (Lipinski definition) is 1. The quantitative estimate of drug-likeness (QED) is 0.536. The summed E-state index contributed by atoms with van der Waals surface area (Å²) in [6.07, 6.45) is 7.18. The number of aromatic nitrogens is 4. The van der Waals surface area contributed by atoms with E-state index in [1.54, 1.807) is 30.7 Å². The Kier molecular flexibility index (Phi) is 4.84. The lowest BCUT2D eigenvalue weighted by molar-refractivity contribution is 0.102. The van der Waals surface area contributed by atoms with Gasteiger partial charge in [-0.25, -0.2) is 4.98 Å². The van der Waals surface area contributed by atoms with Crippen LogP contribution in [-0.2, 0) is 0 Å². The standard InChI is InChI=1S/C19H14ClN5OS/c1-11-9-22-16(20)8-14(11)15-10-21-7-6-13(15)18(26)23-19-25-24-17(27-19)5-4-12-2-3-12/h6-10,12H,2-3H2,1H3,(H,23,25,26). The summed E-state index contributed by atoms with van der Waals surface area (Å²) in [5.41, 5.74) is 2.85. The number of hydrogen-bond acceptors (Lipinski definition) is 6. The minimum absolute atomic E-state index is 0.294. The third-order valence-electron chi connectivity index (χ3n) is 4.03. The molecule has 6 nitrogen and oxygen atoms in total. The van der Waals surface area contributed by atoms with Crippen molar-refractivity contribution in [3.8, 4) is 23.0 Å². The van der Waals surface area contributed by atoms with Crippen LogP contribution in [0, 0.1) is 24.7 Å². The van der Waals surface area contributed by atoms with Crippen LogP contribution in [0.3, 0.4) is 0 Å². The first-order valence-corrected chi connectivity index (χ1v) is 9.52. The zero-order valence-electron chi connectivity index (χ0n) is 14.4. The van der Waals surface area contributed by atoms with Crippen LogP contribution in [0.25, 0.3) is 11.1 Å². The first-order valence-electron chi connectivity index (χ1n) is 8.33. The molecular formula is C19H14ClN5OS. The van der Waals surface area contributed by atoms with Gasteiger partial charge in [0.15, 0.2) is 5.01 Å². The minimum atomic E-state index is -0.294. The van der Waals surface area contributed by atoms with Gasteiger partial charge in [-0.05, 0) is 48.9 Å². The second kappa shape index (κ2) is 7.43. The maximum absolute atomic E-state index is 12.8. The largest absolute Gasteiger partial charge is 0.296 e. The van der Waals surface area contributed by atoms with Crippen molar-refractivity contribution in [3.63, 3.8) is 0 Å². The van der Waals surface area contributed by atoms with Crippen LogP contribution in [0.5, 0.6) is 0 Å². The van der Waals surface area contributed by atoms with E-state index in [0.29, 0.717) is 32.3 Å². The highest BCUT2D eigenvalue weighted by Crippen LogP contribution is 2.29. The molecule has 3 aromatic heterocycles. The van der Waals surface area contributed by atoms with Crippen molar-refractivity contribution in [1.29, 1.82) is 0 Å². The van der Waals surface area contributed by atoms with Gasteiger partial charge in [0.1, 0.15) is 5.15 Å². The molecule has 1 saturated carbocycles. The Morgan fingerprint density at radius 1 is 1.30 bits per heavy atom. The second-order valence-electron chi connectivity index (χ2n) is 6.15.